The molecular formula is C27H34N4O9S. The topological polar surface area (TPSA) is 228 Å². The van der Waals surface area contributed by atoms with E-state index in [1.165, 1.54) is 48.2 Å². The van der Waals surface area contributed by atoms with Gasteiger partial charge in [-0.15, -0.1) is 0 Å². The molecule has 0 fully saturated rings. The monoisotopic (exact) mass is 590 g/mol. The van der Waals surface area contributed by atoms with Crippen LogP contribution >= 0.6 is 11.8 Å². The van der Waals surface area contributed by atoms with Crippen molar-refractivity contribution >= 4 is 41.4 Å². The van der Waals surface area contributed by atoms with E-state index in [9.17, 15) is 44.4 Å². The van der Waals surface area contributed by atoms with Gasteiger partial charge in [-0.2, -0.15) is 11.8 Å². The first-order valence-electron chi connectivity index (χ1n) is 12.6. The van der Waals surface area contributed by atoms with Gasteiger partial charge < -0.3 is 42.1 Å². The van der Waals surface area contributed by atoms with Gasteiger partial charge >= 0.3 is 11.9 Å². The molecule has 0 spiro atoms. The molecule has 0 aliphatic heterocycles. The molecule has 14 heteroatoms. The summed E-state index contributed by atoms with van der Waals surface area (Å²) in [4.78, 5) is 62.1. The zero-order chi connectivity index (χ0) is 30.5. The molecule has 0 heterocycles. The lowest BCUT2D eigenvalue weighted by Crippen LogP contribution is -2.58. The van der Waals surface area contributed by atoms with Crippen LogP contribution in [-0.2, 0) is 36.8 Å². The van der Waals surface area contributed by atoms with Crippen LogP contribution in [0.15, 0.2) is 48.5 Å². The van der Waals surface area contributed by atoms with Gasteiger partial charge in [0.15, 0.2) is 0 Å². The van der Waals surface area contributed by atoms with Crippen molar-refractivity contribution in [2.75, 3.05) is 12.0 Å². The van der Waals surface area contributed by atoms with Crippen molar-refractivity contribution in [1.82, 2.24) is 16.0 Å². The number of nitrogens with two attached hydrogens (primary N) is 1. The Morgan fingerprint density at radius 2 is 1.20 bits per heavy atom. The first-order valence-corrected chi connectivity index (χ1v) is 13.9. The molecule has 222 valence electrons. The standard InChI is InChI=1S/C27H34N4O9S/c1-41-11-10-20(29-24(36)19(28)12-15-2-6-17(32)7-3-15)25(37)30-21(14-23(34)35)26(38)31-22(27(39)40)13-16-4-8-18(33)9-5-16/h2-9,19-22,32-33H,10-14,28H2,1H3,(H,29,36)(H,30,37)(H,31,38)(H,34,35)(H,39,40). The van der Waals surface area contributed by atoms with E-state index in [4.69, 9.17) is 5.73 Å². The number of carboxylic acids is 2. The summed E-state index contributed by atoms with van der Waals surface area (Å²) in [5, 5.41) is 44.9. The van der Waals surface area contributed by atoms with Gasteiger partial charge in [-0.1, -0.05) is 24.3 Å². The third-order valence-electron chi connectivity index (χ3n) is 5.97. The van der Waals surface area contributed by atoms with E-state index in [0.717, 1.165) is 0 Å². The number of benzene rings is 2. The van der Waals surface area contributed by atoms with E-state index in [2.05, 4.69) is 16.0 Å². The maximum Gasteiger partial charge on any atom is 0.326 e. The number of carbonyl (C=O) groups excluding carboxylic acids is 3. The van der Waals surface area contributed by atoms with Gasteiger partial charge in [0, 0.05) is 6.42 Å². The molecule has 3 amide bonds. The van der Waals surface area contributed by atoms with E-state index in [1.807, 2.05) is 0 Å². The maximum absolute atomic E-state index is 13.1. The second-order valence-electron chi connectivity index (χ2n) is 9.25. The van der Waals surface area contributed by atoms with E-state index in [-0.39, 0.29) is 30.8 Å². The van der Waals surface area contributed by atoms with Crippen LogP contribution < -0.4 is 21.7 Å². The number of carbonyl (C=O) groups is 5. The number of aromatic hydroxyl groups is 2. The number of nitrogens with one attached hydrogen (secondary N) is 3. The predicted octanol–water partition coefficient (Wildman–Crippen LogP) is -0.0229. The van der Waals surface area contributed by atoms with E-state index >= 15 is 0 Å². The molecule has 0 aromatic heterocycles. The third kappa shape index (κ3) is 11.4. The highest BCUT2D eigenvalue weighted by Crippen LogP contribution is 2.13. The van der Waals surface area contributed by atoms with Crippen molar-refractivity contribution in [1.29, 1.82) is 0 Å². The quantitative estimate of drug-likeness (QED) is 0.129. The second-order valence-corrected chi connectivity index (χ2v) is 10.2. The summed E-state index contributed by atoms with van der Waals surface area (Å²) >= 11 is 1.40. The smallest absolute Gasteiger partial charge is 0.326 e. The van der Waals surface area contributed by atoms with Crippen LogP contribution in [0.2, 0.25) is 0 Å². The molecule has 0 aliphatic rings. The lowest BCUT2D eigenvalue weighted by Gasteiger charge is -2.24. The number of phenols is 2. The Labute approximate surface area is 240 Å². The molecule has 4 unspecified atom stereocenters. The molecule has 4 atom stereocenters. The number of carboxylic acid groups (broad SMARTS) is 2. The molecule has 2 rings (SSSR count). The minimum atomic E-state index is -1.64. The Hall–Kier alpha value is -4.30. The SMILES string of the molecule is CSCCC(NC(=O)C(N)Cc1ccc(O)cc1)C(=O)NC(CC(=O)O)C(=O)NC(Cc1ccc(O)cc1)C(=O)O. The lowest BCUT2D eigenvalue weighted by molar-refractivity contribution is -0.143. The van der Waals surface area contributed by atoms with E-state index < -0.39 is 60.2 Å². The van der Waals surface area contributed by atoms with Crippen molar-refractivity contribution in [2.45, 2.75) is 49.9 Å². The molecule has 0 saturated carbocycles. The van der Waals surface area contributed by atoms with Crippen molar-refractivity contribution in [2.24, 2.45) is 5.73 Å². The first-order chi connectivity index (χ1) is 19.4. The van der Waals surface area contributed by atoms with Crippen LogP contribution in [0.25, 0.3) is 0 Å². The number of aliphatic carboxylic acids is 2. The van der Waals surface area contributed by atoms with Crippen molar-refractivity contribution in [3.05, 3.63) is 59.7 Å². The Morgan fingerprint density at radius 3 is 1.68 bits per heavy atom. The fraction of sp³-hybridized carbons (Fsp3) is 0.370. The molecule has 2 aromatic rings. The summed E-state index contributed by atoms with van der Waals surface area (Å²) in [6, 6.07) is 6.44. The zero-order valence-corrected chi connectivity index (χ0v) is 23.1. The average molecular weight is 591 g/mol. The second kappa shape index (κ2) is 16.1. The van der Waals surface area contributed by atoms with Crippen molar-refractivity contribution < 1.29 is 44.4 Å². The molecule has 41 heavy (non-hydrogen) atoms. The average Bonchev–Trinajstić information content (AvgIpc) is 2.92. The van der Waals surface area contributed by atoms with Crippen molar-refractivity contribution in [3.8, 4) is 11.5 Å². The Balaban J connectivity index is 2.12. The summed E-state index contributed by atoms with van der Waals surface area (Å²) in [6.07, 6.45) is 1.04. The Morgan fingerprint density at radius 1 is 0.732 bits per heavy atom. The third-order valence-corrected chi connectivity index (χ3v) is 6.62. The highest BCUT2D eigenvalue weighted by Gasteiger charge is 2.31. The van der Waals surface area contributed by atoms with Gasteiger partial charge in [0.2, 0.25) is 17.7 Å². The van der Waals surface area contributed by atoms with Gasteiger partial charge in [-0.25, -0.2) is 4.79 Å². The van der Waals surface area contributed by atoms with Gasteiger partial charge in [-0.05, 0) is 60.2 Å². The summed E-state index contributed by atoms with van der Waals surface area (Å²) < 4.78 is 0. The van der Waals surface area contributed by atoms with E-state index in [1.54, 1.807) is 18.4 Å². The Bertz CT molecular complexity index is 1210. The predicted molar refractivity (Wildman–Crippen MR) is 150 cm³/mol. The molecule has 2 aromatic carbocycles. The number of hydrogen-bond donors (Lipinski definition) is 8. The number of rotatable bonds is 16. The normalized spacial score (nSPS) is 13.7. The lowest BCUT2D eigenvalue weighted by atomic mass is 10.0. The van der Waals surface area contributed by atoms with Gasteiger partial charge in [0.05, 0.1) is 12.5 Å². The minimum absolute atomic E-state index is 0.0293. The number of phenolic OH excluding ortho intramolecular Hbond substituents is 2. The minimum Gasteiger partial charge on any atom is -0.508 e. The largest absolute Gasteiger partial charge is 0.508 e. The summed E-state index contributed by atoms with van der Waals surface area (Å²) in [5.74, 6) is -4.88. The fourth-order valence-electron chi connectivity index (χ4n) is 3.76. The van der Waals surface area contributed by atoms with Crippen LogP contribution in [0.5, 0.6) is 11.5 Å². The molecule has 13 nitrogen and oxygen atoms in total. The van der Waals surface area contributed by atoms with Crippen LogP contribution in [0.4, 0.5) is 0 Å². The molecule has 0 saturated heterocycles. The highest BCUT2D eigenvalue weighted by atomic mass is 32.2. The van der Waals surface area contributed by atoms with Crippen LogP contribution in [0.1, 0.15) is 24.0 Å². The van der Waals surface area contributed by atoms with Crippen LogP contribution in [0, 0.1) is 0 Å². The number of amides is 3. The molecule has 0 radical (unpaired) electrons. The van der Waals surface area contributed by atoms with Crippen molar-refractivity contribution in [3.63, 3.8) is 0 Å². The molecule has 9 N–H and O–H groups in total. The highest BCUT2D eigenvalue weighted by molar-refractivity contribution is 7.98. The maximum atomic E-state index is 13.1. The van der Waals surface area contributed by atoms with Gasteiger partial charge in [0.1, 0.15) is 29.6 Å². The number of hydrogen-bond acceptors (Lipinski definition) is 9. The summed E-state index contributed by atoms with van der Waals surface area (Å²) in [7, 11) is 0. The fourth-order valence-corrected chi connectivity index (χ4v) is 4.23. The van der Waals surface area contributed by atoms with Gasteiger partial charge in [0.25, 0.3) is 0 Å². The first kappa shape index (κ1) is 32.9. The molecular weight excluding hydrogens is 556 g/mol. The summed E-state index contributed by atoms with van der Waals surface area (Å²) in [6.45, 7) is 0. The Kier molecular flexibility index (Phi) is 12.9. The van der Waals surface area contributed by atoms with Gasteiger partial charge in [-0.3, -0.25) is 19.2 Å². The molecule has 0 aliphatic carbocycles. The van der Waals surface area contributed by atoms with Crippen LogP contribution in [0.3, 0.4) is 0 Å². The van der Waals surface area contributed by atoms with E-state index in [0.29, 0.717) is 16.9 Å². The molecule has 0 bridgehead atoms. The zero-order valence-electron chi connectivity index (χ0n) is 22.3. The number of thioether (sulfide) groups is 1. The summed E-state index contributed by atoms with van der Waals surface area (Å²) in [5.41, 5.74) is 7.17. The van der Waals surface area contributed by atoms with Crippen LogP contribution in [-0.4, -0.2) is 86.3 Å².